The predicted molar refractivity (Wildman–Crippen MR) is 97.7 cm³/mol. The number of hydrogen-bond acceptors (Lipinski definition) is 5. The van der Waals surface area contributed by atoms with E-state index in [1.807, 2.05) is 19.1 Å². The minimum Gasteiger partial charge on any atom is -0.353 e. The van der Waals surface area contributed by atoms with Crippen LogP contribution in [0.3, 0.4) is 0 Å². The monoisotopic (exact) mass is 347 g/mol. The number of thioether (sulfide) groups is 1. The fourth-order valence-electron chi connectivity index (χ4n) is 2.01. The summed E-state index contributed by atoms with van der Waals surface area (Å²) < 4.78 is 5.26. The van der Waals surface area contributed by atoms with Gasteiger partial charge >= 0.3 is 0 Å². The Balaban J connectivity index is 1.82. The predicted octanol–water partition coefficient (Wildman–Crippen LogP) is 3.69. The number of nitrogens with zero attached hydrogens (tertiary/aromatic N) is 2. The third-order valence-electron chi connectivity index (χ3n) is 3.94. The van der Waals surface area contributed by atoms with Crippen LogP contribution in [0, 0.1) is 5.92 Å². The van der Waals surface area contributed by atoms with E-state index in [1.54, 1.807) is 0 Å². The number of aromatic nitrogens is 2. The second-order valence-corrected chi connectivity index (χ2v) is 7.14. The lowest BCUT2D eigenvalue weighted by atomic mass is 10.1. The molecule has 1 aromatic carbocycles. The van der Waals surface area contributed by atoms with Crippen LogP contribution in [0.25, 0.3) is 11.4 Å². The van der Waals surface area contributed by atoms with E-state index in [9.17, 15) is 4.79 Å². The van der Waals surface area contributed by atoms with Crippen molar-refractivity contribution < 1.29 is 9.32 Å². The fourth-order valence-corrected chi connectivity index (χ4v) is 2.68. The molecule has 1 atom stereocenters. The fraction of sp³-hybridized carbons (Fsp3) is 0.500. The molecule has 5 nitrogen and oxygen atoms in total. The molecule has 0 aliphatic heterocycles. The number of rotatable bonds is 8. The highest BCUT2D eigenvalue weighted by molar-refractivity contribution is 7.99. The Morgan fingerprint density at radius 3 is 2.58 bits per heavy atom. The molecule has 0 aliphatic rings. The molecule has 6 heteroatoms. The van der Waals surface area contributed by atoms with Crippen LogP contribution in [0.5, 0.6) is 0 Å². The molecule has 1 heterocycles. The normalized spacial score (nSPS) is 12.4. The molecule has 0 spiro atoms. The van der Waals surface area contributed by atoms with Crippen molar-refractivity contribution in [3.8, 4) is 11.4 Å². The number of nitrogens with one attached hydrogen (secondary N) is 1. The van der Waals surface area contributed by atoms with Gasteiger partial charge in [0, 0.05) is 11.6 Å². The zero-order valence-electron chi connectivity index (χ0n) is 14.7. The van der Waals surface area contributed by atoms with Gasteiger partial charge in [-0.15, -0.1) is 11.8 Å². The molecule has 0 saturated carbocycles. The molecule has 1 unspecified atom stereocenters. The third-order valence-corrected chi connectivity index (χ3v) is 4.85. The summed E-state index contributed by atoms with van der Waals surface area (Å²) in [6.07, 6.45) is 1.01. The summed E-state index contributed by atoms with van der Waals surface area (Å²) in [7, 11) is 0. The summed E-state index contributed by atoms with van der Waals surface area (Å²) in [5.41, 5.74) is 2.22. The molecule has 0 bridgehead atoms. The highest BCUT2D eigenvalue weighted by atomic mass is 32.2. The molecule has 1 N–H and O–H groups in total. The number of carbonyl (C=O) groups excluding carboxylic acids is 1. The summed E-state index contributed by atoms with van der Waals surface area (Å²) in [6, 6.07) is 8.32. The zero-order valence-corrected chi connectivity index (χ0v) is 15.5. The van der Waals surface area contributed by atoms with E-state index < -0.39 is 0 Å². The first kappa shape index (κ1) is 18.5. The minimum absolute atomic E-state index is 0.0380. The summed E-state index contributed by atoms with van der Waals surface area (Å²) in [4.78, 5) is 16.2. The van der Waals surface area contributed by atoms with Gasteiger partial charge in [0.2, 0.25) is 17.6 Å². The molecule has 2 rings (SSSR count). The number of benzene rings is 1. The van der Waals surface area contributed by atoms with E-state index in [4.69, 9.17) is 4.52 Å². The Hall–Kier alpha value is -1.82. The van der Waals surface area contributed by atoms with Gasteiger partial charge in [-0.25, -0.2) is 0 Å². The first-order valence-corrected chi connectivity index (χ1v) is 9.44. The van der Waals surface area contributed by atoms with Crippen molar-refractivity contribution in [2.24, 2.45) is 5.92 Å². The Bertz CT molecular complexity index is 653. The van der Waals surface area contributed by atoms with Crippen molar-refractivity contribution in [3.63, 3.8) is 0 Å². The largest absolute Gasteiger partial charge is 0.353 e. The van der Waals surface area contributed by atoms with Crippen molar-refractivity contribution in [2.75, 3.05) is 5.75 Å². The van der Waals surface area contributed by atoms with Crippen LogP contribution in [-0.2, 0) is 17.0 Å². The Morgan fingerprint density at radius 2 is 1.96 bits per heavy atom. The summed E-state index contributed by atoms with van der Waals surface area (Å²) in [6.45, 7) is 8.31. The second kappa shape index (κ2) is 8.87. The van der Waals surface area contributed by atoms with Gasteiger partial charge in [0.25, 0.3) is 0 Å². The Morgan fingerprint density at radius 1 is 1.25 bits per heavy atom. The molecular formula is C18H25N3O2S. The van der Waals surface area contributed by atoms with E-state index in [0.717, 1.165) is 12.0 Å². The van der Waals surface area contributed by atoms with Gasteiger partial charge in [0.05, 0.1) is 11.5 Å². The van der Waals surface area contributed by atoms with E-state index >= 15 is 0 Å². The zero-order chi connectivity index (χ0) is 17.5. The third kappa shape index (κ3) is 5.37. The topological polar surface area (TPSA) is 68.0 Å². The van der Waals surface area contributed by atoms with Gasteiger partial charge in [0.1, 0.15) is 0 Å². The van der Waals surface area contributed by atoms with Crippen molar-refractivity contribution >= 4 is 17.7 Å². The summed E-state index contributed by atoms with van der Waals surface area (Å²) in [5.74, 6) is 2.52. The number of carbonyl (C=O) groups is 1. The van der Waals surface area contributed by atoms with Gasteiger partial charge in [-0.05, 0) is 24.8 Å². The molecule has 24 heavy (non-hydrogen) atoms. The quantitative estimate of drug-likeness (QED) is 0.789. The molecule has 0 saturated heterocycles. The van der Waals surface area contributed by atoms with Gasteiger partial charge in [-0.3, -0.25) is 4.79 Å². The highest BCUT2D eigenvalue weighted by Crippen LogP contribution is 2.19. The van der Waals surface area contributed by atoms with Gasteiger partial charge < -0.3 is 9.84 Å². The van der Waals surface area contributed by atoms with Crippen LogP contribution in [-0.4, -0.2) is 27.8 Å². The Kier molecular flexibility index (Phi) is 6.85. The highest BCUT2D eigenvalue weighted by Gasteiger charge is 2.12. The molecule has 0 fully saturated rings. The second-order valence-electron chi connectivity index (χ2n) is 6.16. The van der Waals surface area contributed by atoms with Crippen LogP contribution in [0.2, 0.25) is 0 Å². The van der Waals surface area contributed by atoms with Crippen molar-refractivity contribution in [3.05, 3.63) is 35.7 Å². The molecule has 2 aromatic rings. The SMILES string of the molecule is CCc1ccc(-c2noc(CSCC(=O)NC(C)C(C)C)n2)cc1. The molecule has 1 amide bonds. The van der Waals surface area contributed by atoms with Crippen LogP contribution >= 0.6 is 11.8 Å². The summed E-state index contributed by atoms with van der Waals surface area (Å²) in [5, 5.41) is 6.99. The van der Waals surface area contributed by atoms with Crippen LogP contribution in [0.15, 0.2) is 28.8 Å². The number of aryl methyl sites for hydroxylation is 1. The smallest absolute Gasteiger partial charge is 0.236 e. The van der Waals surface area contributed by atoms with Crippen LogP contribution < -0.4 is 5.32 Å². The van der Waals surface area contributed by atoms with Gasteiger partial charge in [-0.2, -0.15) is 4.98 Å². The average molecular weight is 347 g/mol. The maximum absolute atomic E-state index is 11.8. The van der Waals surface area contributed by atoms with Crippen LogP contribution in [0.4, 0.5) is 0 Å². The molecule has 0 radical (unpaired) electrons. The Labute approximate surface area is 147 Å². The summed E-state index contributed by atoms with van der Waals surface area (Å²) >= 11 is 1.47. The molecular weight excluding hydrogens is 322 g/mol. The average Bonchev–Trinajstić information content (AvgIpc) is 3.03. The van der Waals surface area contributed by atoms with Crippen molar-refractivity contribution in [1.29, 1.82) is 0 Å². The molecule has 0 aliphatic carbocycles. The molecule has 130 valence electrons. The van der Waals surface area contributed by atoms with E-state index in [-0.39, 0.29) is 11.9 Å². The van der Waals surface area contributed by atoms with Crippen molar-refractivity contribution in [1.82, 2.24) is 15.5 Å². The first-order valence-electron chi connectivity index (χ1n) is 8.28. The molecule has 1 aromatic heterocycles. The van der Waals surface area contributed by atoms with E-state index in [2.05, 4.69) is 48.4 Å². The first-order chi connectivity index (χ1) is 11.5. The number of hydrogen-bond donors (Lipinski definition) is 1. The van der Waals surface area contributed by atoms with Gasteiger partial charge in [-0.1, -0.05) is 50.2 Å². The van der Waals surface area contributed by atoms with E-state index in [0.29, 0.717) is 29.1 Å². The maximum atomic E-state index is 11.8. The van der Waals surface area contributed by atoms with Crippen LogP contribution in [0.1, 0.15) is 39.1 Å². The number of amides is 1. The van der Waals surface area contributed by atoms with Gasteiger partial charge in [0.15, 0.2) is 0 Å². The van der Waals surface area contributed by atoms with E-state index in [1.165, 1.54) is 17.3 Å². The lowest BCUT2D eigenvalue weighted by Crippen LogP contribution is -2.37. The minimum atomic E-state index is 0.0380. The lowest BCUT2D eigenvalue weighted by Gasteiger charge is -2.16. The maximum Gasteiger partial charge on any atom is 0.236 e. The lowest BCUT2D eigenvalue weighted by molar-refractivity contribution is -0.119. The van der Waals surface area contributed by atoms with Crippen molar-refractivity contribution in [2.45, 2.75) is 45.9 Å². The standard InChI is InChI=1S/C18H25N3O2S/c1-5-14-6-8-15(9-7-14)18-20-17(23-21-18)11-24-10-16(22)19-13(4)12(2)3/h6-9,12-13H,5,10-11H2,1-4H3,(H,19,22).